The van der Waals surface area contributed by atoms with Crippen LogP contribution in [0.3, 0.4) is 0 Å². The summed E-state index contributed by atoms with van der Waals surface area (Å²) < 4.78 is 10.00. The average molecular weight is 316 g/mol. The fraction of sp³-hybridized carbons (Fsp3) is 0.714. The van der Waals surface area contributed by atoms with Crippen molar-refractivity contribution < 1.29 is 19.2 Å². The quantitative estimate of drug-likeness (QED) is 0.717. The molecule has 7 heteroatoms. The smallest absolute Gasteiger partial charge is 0.230 e. The molecule has 0 aliphatic carbocycles. The minimum Gasteiger partial charge on any atom is -0.388 e. The summed E-state index contributed by atoms with van der Waals surface area (Å²) in [6.07, 6.45) is 0.482. The Labute approximate surface area is 129 Å². The third-order valence-corrected chi connectivity index (χ3v) is 4.13. The van der Waals surface area contributed by atoms with Crippen LogP contribution < -0.4 is 5.32 Å². The summed E-state index contributed by atoms with van der Waals surface area (Å²) in [5, 5.41) is 16.6. The number of aryl methyl sites for hydroxylation is 2. The van der Waals surface area contributed by atoms with Crippen molar-refractivity contribution in [3.63, 3.8) is 0 Å². The van der Waals surface area contributed by atoms with Crippen molar-refractivity contribution in [1.29, 1.82) is 0 Å². The maximum atomic E-state index is 11.7. The molecule has 0 saturated heterocycles. The molecule has 2 N–H and O–H groups in total. The van der Waals surface area contributed by atoms with Gasteiger partial charge in [0.25, 0.3) is 0 Å². The predicted molar refractivity (Wildman–Crippen MR) is 82.3 cm³/mol. The molecule has 1 aromatic rings. The van der Waals surface area contributed by atoms with E-state index in [0.29, 0.717) is 24.5 Å². The maximum absolute atomic E-state index is 11.7. The Morgan fingerprint density at radius 1 is 1.52 bits per heavy atom. The monoisotopic (exact) mass is 316 g/mol. The molecular weight excluding hydrogens is 292 g/mol. The number of carbonyl (C=O) groups is 1. The molecule has 0 spiro atoms. The minimum absolute atomic E-state index is 0.0931. The zero-order chi connectivity index (χ0) is 15.9. The molecule has 0 aromatic carbocycles. The van der Waals surface area contributed by atoms with Crippen molar-refractivity contribution in [2.45, 2.75) is 38.5 Å². The number of aliphatic hydroxyl groups is 1. The summed E-state index contributed by atoms with van der Waals surface area (Å²) in [4.78, 5) is 11.7. The van der Waals surface area contributed by atoms with Gasteiger partial charge in [-0.3, -0.25) is 4.79 Å². The Bertz CT molecular complexity index is 440. The summed E-state index contributed by atoms with van der Waals surface area (Å²) in [5.41, 5.74) is 0.959. The first-order valence-corrected chi connectivity index (χ1v) is 7.98. The van der Waals surface area contributed by atoms with E-state index in [2.05, 4.69) is 10.5 Å². The molecule has 1 rings (SSSR count). The number of thioether (sulfide) groups is 1. The second kappa shape index (κ2) is 8.41. The van der Waals surface area contributed by atoms with E-state index in [4.69, 9.17) is 9.26 Å². The van der Waals surface area contributed by atoms with Gasteiger partial charge in [0.2, 0.25) is 5.91 Å². The van der Waals surface area contributed by atoms with E-state index < -0.39 is 5.60 Å². The van der Waals surface area contributed by atoms with E-state index in [-0.39, 0.29) is 12.5 Å². The lowest BCUT2D eigenvalue weighted by molar-refractivity contribution is -0.119. The van der Waals surface area contributed by atoms with Crippen molar-refractivity contribution in [3.05, 3.63) is 17.0 Å². The molecule has 1 heterocycles. The van der Waals surface area contributed by atoms with Crippen LogP contribution in [-0.2, 0) is 15.3 Å². The number of ether oxygens (including phenoxy) is 1. The Morgan fingerprint density at radius 3 is 2.81 bits per heavy atom. The van der Waals surface area contributed by atoms with Crippen LogP contribution >= 0.6 is 11.8 Å². The van der Waals surface area contributed by atoms with Crippen LogP contribution in [0.2, 0.25) is 0 Å². The molecule has 1 atom stereocenters. The minimum atomic E-state index is -0.946. The maximum Gasteiger partial charge on any atom is 0.230 e. The number of nitrogens with one attached hydrogen (secondary N) is 1. The number of hydrogen-bond acceptors (Lipinski definition) is 6. The van der Waals surface area contributed by atoms with E-state index in [1.807, 2.05) is 13.8 Å². The number of methoxy groups -OCH3 is 1. The van der Waals surface area contributed by atoms with Gasteiger partial charge < -0.3 is 19.7 Å². The Hall–Kier alpha value is -1.05. The van der Waals surface area contributed by atoms with Crippen LogP contribution in [0.15, 0.2) is 4.52 Å². The molecule has 0 radical (unpaired) electrons. The van der Waals surface area contributed by atoms with Crippen molar-refractivity contribution in [1.82, 2.24) is 10.5 Å². The molecule has 120 valence electrons. The number of amides is 1. The van der Waals surface area contributed by atoms with E-state index in [1.54, 1.807) is 14.0 Å². The van der Waals surface area contributed by atoms with Crippen LogP contribution in [0.4, 0.5) is 0 Å². The molecule has 0 aliphatic heterocycles. The van der Waals surface area contributed by atoms with Gasteiger partial charge in [-0.05, 0) is 20.8 Å². The summed E-state index contributed by atoms with van der Waals surface area (Å²) in [7, 11) is 1.58. The summed E-state index contributed by atoms with van der Waals surface area (Å²) >= 11 is 1.50. The lowest BCUT2D eigenvalue weighted by Crippen LogP contribution is -2.42. The normalized spacial score (nSPS) is 14.0. The molecule has 1 unspecified atom stereocenters. The standard InChI is InChI=1S/C14H24N2O4S/c1-10-12(11(2)20-16-10)7-21-8-13(17)15-9-14(3,18)5-6-19-4/h18H,5-9H2,1-4H3,(H,15,17). The zero-order valence-electron chi connectivity index (χ0n) is 13.1. The average Bonchev–Trinajstić information content (AvgIpc) is 2.75. The van der Waals surface area contributed by atoms with E-state index >= 15 is 0 Å². The van der Waals surface area contributed by atoms with Gasteiger partial charge in [0.1, 0.15) is 5.76 Å². The van der Waals surface area contributed by atoms with E-state index in [1.165, 1.54) is 11.8 Å². The van der Waals surface area contributed by atoms with E-state index in [0.717, 1.165) is 17.0 Å². The van der Waals surface area contributed by atoms with Gasteiger partial charge in [-0.2, -0.15) is 0 Å². The third kappa shape index (κ3) is 6.50. The van der Waals surface area contributed by atoms with Crippen LogP contribution in [0.5, 0.6) is 0 Å². The molecular formula is C14H24N2O4S. The van der Waals surface area contributed by atoms with Crippen molar-refractivity contribution >= 4 is 17.7 Å². The van der Waals surface area contributed by atoms with Gasteiger partial charge in [-0.1, -0.05) is 5.16 Å². The molecule has 0 saturated carbocycles. The number of nitrogens with zero attached hydrogens (tertiary/aromatic N) is 1. The van der Waals surface area contributed by atoms with Crippen molar-refractivity contribution in [3.8, 4) is 0 Å². The molecule has 6 nitrogen and oxygen atoms in total. The lowest BCUT2D eigenvalue weighted by Gasteiger charge is -2.23. The highest BCUT2D eigenvalue weighted by Crippen LogP contribution is 2.19. The fourth-order valence-corrected chi connectivity index (χ4v) is 2.71. The van der Waals surface area contributed by atoms with Gasteiger partial charge in [-0.25, -0.2) is 0 Å². The van der Waals surface area contributed by atoms with Gasteiger partial charge in [0.05, 0.1) is 17.0 Å². The molecule has 1 amide bonds. The first-order valence-electron chi connectivity index (χ1n) is 6.83. The SMILES string of the molecule is COCCC(C)(O)CNC(=O)CSCc1c(C)noc1C. The third-order valence-electron chi connectivity index (χ3n) is 3.17. The fourth-order valence-electron chi connectivity index (χ4n) is 1.70. The summed E-state index contributed by atoms with van der Waals surface area (Å²) in [6, 6.07) is 0. The number of aromatic nitrogens is 1. The first kappa shape index (κ1) is 18.0. The largest absolute Gasteiger partial charge is 0.388 e. The molecule has 0 aliphatic rings. The number of rotatable bonds is 9. The van der Waals surface area contributed by atoms with Crippen LogP contribution in [-0.4, -0.2) is 47.8 Å². The predicted octanol–water partition coefficient (Wildman–Crippen LogP) is 1.43. The second-order valence-electron chi connectivity index (χ2n) is 5.31. The van der Waals surface area contributed by atoms with Gasteiger partial charge in [0.15, 0.2) is 0 Å². The second-order valence-corrected chi connectivity index (χ2v) is 6.30. The number of carbonyl (C=O) groups excluding carboxylic acids is 1. The summed E-state index contributed by atoms with van der Waals surface area (Å²) in [5.74, 6) is 1.73. The van der Waals surface area contributed by atoms with Gasteiger partial charge in [-0.15, -0.1) is 11.8 Å². The van der Waals surface area contributed by atoms with Crippen LogP contribution in [0.25, 0.3) is 0 Å². The highest BCUT2D eigenvalue weighted by atomic mass is 32.2. The first-order chi connectivity index (χ1) is 9.85. The lowest BCUT2D eigenvalue weighted by atomic mass is 10.0. The topological polar surface area (TPSA) is 84.6 Å². The Balaban J connectivity index is 2.25. The Morgan fingerprint density at radius 2 is 2.24 bits per heavy atom. The zero-order valence-corrected chi connectivity index (χ0v) is 13.9. The Kier molecular flexibility index (Phi) is 7.21. The van der Waals surface area contributed by atoms with Crippen molar-refractivity contribution in [2.24, 2.45) is 0 Å². The molecule has 0 bridgehead atoms. The van der Waals surface area contributed by atoms with Gasteiger partial charge in [0, 0.05) is 38.0 Å². The summed E-state index contributed by atoms with van der Waals surface area (Å²) in [6.45, 7) is 6.12. The highest BCUT2D eigenvalue weighted by molar-refractivity contribution is 7.99. The van der Waals surface area contributed by atoms with Crippen molar-refractivity contribution in [2.75, 3.05) is 26.0 Å². The van der Waals surface area contributed by atoms with Crippen LogP contribution in [0.1, 0.15) is 30.4 Å². The van der Waals surface area contributed by atoms with Gasteiger partial charge >= 0.3 is 0 Å². The number of hydrogen-bond donors (Lipinski definition) is 2. The molecule has 0 fully saturated rings. The molecule has 1 aromatic heterocycles. The molecule has 21 heavy (non-hydrogen) atoms. The highest BCUT2D eigenvalue weighted by Gasteiger charge is 2.20. The van der Waals surface area contributed by atoms with Crippen LogP contribution in [0, 0.1) is 13.8 Å². The van der Waals surface area contributed by atoms with E-state index in [9.17, 15) is 9.90 Å².